The third-order valence-corrected chi connectivity index (χ3v) is 4.33. The molecule has 1 heterocycles. The van der Waals surface area contributed by atoms with Crippen LogP contribution in [0.4, 0.5) is 10.1 Å². The summed E-state index contributed by atoms with van der Waals surface area (Å²) in [5.74, 6) is -1.26. The fraction of sp³-hybridized carbons (Fsp3) is 0.462. The fourth-order valence-electron chi connectivity index (χ4n) is 2.31. The predicted octanol–water partition coefficient (Wildman–Crippen LogP) is 2.70. The smallest absolute Gasteiger partial charge is 0.304 e. The highest BCUT2D eigenvalue weighted by atomic mass is 32.2. The van der Waals surface area contributed by atoms with E-state index in [0.717, 1.165) is 12.1 Å². The van der Waals surface area contributed by atoms with Crippen LogP contribution in [-0.4, -0.2) is 39.3 Å². The lowest BCUT2D eigenvalue weighted by atomic mass is 10.1. The molecule has 7 heteroatoms. The molecule has 0 spiro atoms. The Labute approximate surface area is 120 Å². The maximum Gasteiger partial charge on any atom is 0.304 e. The van der Waals surface area contributed by atoms with Crippen LogP contribution in [0.5, 0.6) is 0 Å². The molecule has 1 amide bonds. The third kappa shape index (κ3) is 3.09. The van der Waals surface area contributed by atoms with E-state index in [4.69, 9.17) is 0 Å². The van der Waals surface area contributed by atoms with Crippen molar-refractivity contribution < 1.29 is 14.1 Å². The van der Waals surface area contributed by atoms with Crippen molar-refractivity contribution in [1.82, 2.24) is 4.90 Å². The molecule has 1 aromatic carbocycles. The van der Waals surface area contributed by atoms with Crippen LogP contribution < -0.4 is 0 Å². The molecule has 1 aliphatic heterocycles. The zero-order chi connectivity index (χ0) is 14.9. The second kappa shape index (κ2) is 5.78. The van der Waals surface area contributed by atoms with Gasteiger partial charge in [0, 0.05) is 35.2 Å². The summed E-state index contributed by atoms with van der Waals surface area (Å²) < 4.78 is 13.6. The monoisotopic (exact) mass is 298 g/mol. The quantitative estimate of drug-likeness (QED) is 0.622. The number of amides is 1. The van der Waals surface area contributed by atoms with Crippen LogP contribution in [-0.2, 0) is 0 Å². The average Bonchev–Trinajstić information content (AvgIpc) is 2.36. The van der Waals surface area contributed by atoms with Crippen LogP contribution in [0.2, 0.25) is 0 Å². The Morgan fingerprint density at radius 2 is 2.00 bits per heavy atom. The number of nitro groups is 1. The molecular weight excluding hydrogens is 283 g/mol. The lowest BCUT2D eigenvalue weighted by Gasteiger charge is -2.34. The zero-order valence-electron chi connectivity index (χ0n) is 11.2. The van der Waals surface area contributed by atoms with Gasteiger partial charge in [-0.05, 0) is 12.1 Å². The second-order valence-electron chi connectivity index (χ2n) is 4.89. The molecule has 20 heavy (non-hydrogen) atoms. The number of nitro benzene ring substituents is 1. The van der Waals surface area contributed by atoms with Crippen molar-refractivity contribution in [2.75, 3.05) is 13.1 Å². The maximum absolute atomic E-state index is 13.6. The van der Waals surface area contributed by atoms with Crippen LogP contribution in [0.15, 0.2) is 18.2 Å². The van der Waals surface area contributed by atoms with E-state index in [-0.39, 0.29) is 11.5 Å². The van der Waals surface area contributed by atoms with Gasteiger partial charge in [-0.1, -0.05) is 13.8 Å². The summed E-state index contributed by atoms with van der Waals surface area (Å²) in [4.78, 5) is 23.7. The molecule has 1 fully saturated rings. The van der Waals surface area contributed by atoms with Crippen molar-refractivity contribution >= 4 is 23.4 Å². The van der Waals surface area contributed by atoms with Crippen molar-refractivity contribution in [1.29, 1.82) is 0 Å². The van der Waals surface area contributed by atoms with Crippen LogP contribution in [0, 0.1) is 15.9 Å². The van der Waals surface area contributed by atoms with Gasteiger partial charge in [-0.3, -0.25) is 14.9 Å². The number of thioether (sulfide) groups is 1. The summed E-state index contributed by atoms with van der Waals surface area (Å²) in [7, 11) is 0. The topological polar surface area (TPSA) is 63.5 Å². The summed E-state index contributed by atoms with van der Waals surface area (Å²) in [6, 6.07) is 3.28. The van der Waals surface area contributed by atoms with Crippen LogP contribution in [0.25, 0.3) is 0 Å². The van der Waals surface area contributed by atoms with Crippen LogP contribution in [0.3, 0.4) is 0 Å². The minimum absolute atomic E-state index is 0.152. The molecule has 2 unspecified atom stereocenters. The Balaban J connectivity index is 2.21. The molecule has 0 aromatic heterocycles. The first-order chi connectivity index (χ1) is 9.38. The van der Waals surface area contributed by atoms with E-state index in [2.05, 4.69) is 0 Å². The molecule has 0 aliphatic carbocycles. The third-order valence-electron chi connectivity index (χ3n) is 3.10. The molecule has 2 atom stereocenters. The summed E-state index contributed by atoms with van der Waals surface area (Å²) in [6.45, 7) is 5.28. The van der Waals surface area contributed by atoms with Gasteiger partial charge in [0.15, 0.2) is 0 Å². The zero-order valence-corrected chi connectivity index (χ0v) is 12.0. The number of benzene rings is 1. The van der Waals surface area contributed by atoms with Crippen molar-refractivity contribution in [2.45, 2.75) is 24.3 Å². The first-order valence-electron chi connectivity index (χ1n) is 6.27. The van der Waals surface area contributed by atoms with E-state index in [9.17, 15) is 19.3 Å². The summed E-state index contributed by atoms with van der Waals surface area (Å²) in [5.41, 5.74) is -0.461. The summed E-state index contributed by atoms with van der Waals surface area (Å²) in [5, 5.41) is 11.2. The second-order valence-corrected chi connectivity index (χ2v) is 6.77. The van der Waals surface area contributed by atoms with Gasteiger partial charge in [-0.15, -0.1) is 0 Å². The Bertz CT molecular complexity index is 542. The molecule has 108 valence electrons. The first-order valence-corrected chi connectivity index (χ1v) is 7.21. The van der Waals surface area contributed by atoms with E-state index in [0.29, 0.717) is 23.6 Å². The van der Waals surface area contributed by atoms with Gasteiger partial charge in [-0.25, -0.2) is 0 Å². The van der Waals surface area contributed by atoms with Crippen molar-refractivity contribution in [3.8, 4) is 0 Å². The lowest BCUT2D eigenvalue weighted by molar-refractivity contribution is -0.387. The Morgan fingerprint density at radius 3 is 2.50 bits per heavy atom. The lowest BCUT2D eigenvalue weighted by Crippen LogP contribution is -2.44. The predicted molar refractivity (Wildman–Crippen MR) is 75.5 cm³/mol. The van der Waals surface area contributed by atoms with E-state index in [1.165, 1.54) is 6.07 Å². The van der Waals surface area contributed by atoms with Gasteiger partial charge < -0.3 is 4.90 Å². The number of halogens is 1. The number of carbonyl (C=O) groups excluding carboxylic acids is 1. The molecular formula is C13H15FN2O3S. The Kier molecular flexibility index (Phi) is 4.27. The molecule has 5 nitrogen and oxygen atoms in total. The van der Waals surface area contributed by atoms with E-state index in [1.54, 1.807) is 4.90 Å². The number of hydrogen-bond acceptors (Lipinski definition) is 4. The van der Waals surface area contributed by atoms with Crippen LogP contribution in [0.1, 0.15) is 24.2 Å². The fourth-order valence-corrected chi connectivity index (χ4v) is 3.64. The summed E-state index contributed by atoms with van der Waals surface area (Å²) in [6.07, 6.45) is 0. The Hall–Kier alpha value is -1.63. The largest absolute Gasteiger partial charge is 0.336 e. The number of hydrogen-bond donors (Lipinski definition) is 0. The minimum atomic E-state index is -0.978. The van der Waals surface area contributed by atoms with E-state index >= 15 is 0 Å². The SMILES string of the molecule is CC1CN(C(=O)c2ccc([N+](=O)[O-])c(F)c2)CC(C)S1. The van der Waals surface area contributed by atoms with Crippen LogP contribution >= 0.6 is 11.8 Å². The van der Waals surface area contributed by atoms with E-state index in [1.807, 2.05) is 25.6 Å². The highest BCUT2D eigenvalue weighted by Gasteiger charge is 2.27. The number of nitrogens with zero attached hydrogens (tertiary/aromatic N) is 2. The Morgan fingerprint density at radius 1 is 1.40 bits per heavy atom. The van der Waals surface area contributed by atoms with Gasteiger partial charge in [0.1, 0.15) is 0 Å². The molecule has 0 N–H and O–H groups in total. The van der Waals surface area contributed by atoms with Crippen molar-refractivity contribution in [3.63, 3.8) is 0 Å². The standard InChI is InChI=1S/C13H15FN2O3S/c1-8-6-15(7-9(2)20-8)13(17)10-3-4-12(16(18)19)11(14)5-10/h3-5,8-9H,6-7H2,1-2H3. The molecule has 0 radical (unpaired) electrons. The minimum Gasteiger partial charge on any atom is -0.336 e. The number of rotatable bonds is 2. The van der Waals surface area contributed by atoms with Crippen molar-refractivity contribution in [3.05, 3.63) is 39.7 Å². The maximum atomic E-state index is 13.6. The molecule has 0 saturated carbocycles. The van der Waals surface area contributed by atoms with Gasteiger partial charge in [0.2, 0.25) is 5.82 Å². The normalized spacial score (nSPS) is 22.6. The van der Waals surface area contributed by atoms with Gasteiger partial charge in [0.05, 0.1) is 4.92 Å². The molecule has 2 rings (SSSR count). The van der Waals surface area contributed by atoms with Gasteiger partial charge >= 0.3 is 5.69 Å². The van der Waals surface area contributed by atoms with E-state index < -0.39 is 16.4 Å². The molecule has 1 aliphatic rings. The highest BCUT2D eigenvalue weighted by molar-refractivity contribution is 8.00. The molecule has 1 aromatic rings. The average molecular weight is 298 g/mol. The molecule has 1 saturated heterocycles. The summed E-state index contributed by atoms with van der Waals surface area (Å²) >= 11 is 1.81. The number of carbonyl (C=O) groups is 1. The van der Waals surface area contributed by atoms with Gasteiger partial charge in [-0.2, -0.15) is 16.2 Å². The van der Waals surface area contributed by atoms with Crippen molar-refractivity contribution in [2.24, 2.45) is 0 Å². The molecule has 0 bridgehead atoms. The highest BCUT2D eigenvalue weighted by Crippen LogP contribution is 2.26. The first kappa shape index (κ1) is 14.8. The van der Waals surface area contributed by atoms with Gasteiger partial charge in [0.25, 0.3) is 5.91 Å².